The highest BCUT2D eigenvalue weighted by Crippen LogP contribution is 2.44. The van der Waals surface area contributed by atoms with Crippen LogP contribution in [-0.2, 0) is 5.60 Å². The van der Waals surface area contributed by atoms with E-state index in [0.29, 0.717) is 11.4 Å². The number of allylic oxidation sites excluding steroid dienone is 1. The summed E-state index contributed by atoms with van der Waals surface area (Å²) < 4.78 is 0. The van der Waals surface area contributed by atoms with Crippen LogP contribution in [-0.4, -0.2) is 5.11 Å². The first-order valence-electron chi connectivity index (χ1n) is 8.36. The van der Waals surface area contributed by atoms with Crippen LogP contribution in [0.3, 0.4) is 0 Å². The number of benzene rings is 3. The molecule has 0 spiro atoms. The fraction of sp³-hybridized carbons (Fsp3) is 0.130. The Morgan fingerprint density at radius 1 is 0.840 bits per heavy atom. The van der Waals surface area contributed by atoms with Crippen LogP contribution in [0.4, 0.5) is 0 Å². The van der Waals surface area contributed by atoms with E-state index in [1.165, 1.54) is 0 Å². The summed E-state index contributed by atoms with van der Waals surface area (Å²) in [6.45, 7) is 3.91. The third kappa shape index (κ3) is 3.53. The van der Waals surface area contributed by atoms with Gasteiger partial charge in [-0.05, 0) is 35.2 Å². The van der Waals surface area contributed by atoms with Crippen LogP contribution < -0.4 is 0 Å². The van der Waals surface area contributed by atoms with Crippen LogP contribution in [0, 0.1) is 0 Å². The lowest BCUT2D eigenvalue weighted by Crippen LogP contribution is -2.35. The quantitative estimate of drug-likeness (QED) is 0.547. The molecule has 0 bridgehead atoms. The molecule has 0 heterocycles. The van der Waals surface area contributed by atoms with E-state index in [4.69, 9.17) is 11.6 Å². The maximum Gasteiger partial charge on any atom is 0.122 e. The second-order valence-electron chi connectivity index (χ2n) is 6.13. The minimum atomic E-state index is -1.18. The predicted molar refractivity (Wildman–Crippen MR) is 105 cm³/mol. The maximum absolute atomic E-state index is 12.0. The molecule has 0 amide bonds. The summed E-state index contributed by atoms with van der Waals surface area (Å²) in [4.78, 5) is 0. The highest BCUT2D eigenvalue weighted by molar-refractivity contribution is 6.30. The Labute approximate surface area is 154 Å². The Kier molecular flexibility index (Phi) is 5.37. The Morgan fingerprint density at radius 3 is 1.92 bits per heavy atom. The molecule has 0 aromatic heterocycles. The van der Waals surface area contributed by atoms with Gasteiger partial charge in [0.2, 0.25) is 0 Å². The van der Waals surface area contributed by atoms with Crippen LogP contribution in [0.5, 0.6) is 0 Å². The van der Waals surface area contributed by atoms with Gasteiger partial charge in [-0.3, -0.25) is 0 Å². The fourth-order valence-corrected chi connectivity index (χ4v) is 3.49. The SMILES string of the molecule is C=CC[C@H](c1ccccc1)[C@@](O)(c1ccccc1)c1ccc(Cl)cc1. The van der Waals surface area contributed by atoms with E-state index in [9.17, 15) is 5.11 Å². The number of hydrogen-bond donors (Lipinski definition) is 1. The van der Waals surface area contributed by atoms with Crippen molar-refractivity contribution in [3.8, 4) is 0 Å². The first kappa shape index (κ1) is 17.5. The molecule has 0 radical (unpaired) electrons. The second kappa shape index (κ2) is 7.69. The standard InChI is InChI=1S/C23H21ClO/c1-2-9-22(18-10-5-3-6-11-18)23(25,19-12-7-4-8-13-19)20-14-16-21(24)17-15-20/h2-8,10-17,22,25H,1,9H2/t22-,23-/m1/s1. The molecule has 2 atom stereocenters. The third-order valence-corrected chi connectivity index (χ3v) is 4.86. The normalized spacial score (nSPS) is 14.5. The zero-order valence-corrected chi connectivity index (χ0v) is 14.7. The monoisotopic (exact) mass is 348 g/mol. The van der Waals surface area contributed by atoms with Crippen LogP contribution >= 0.6 is 11.6 Å². The molecule has 2 heteroatoms. The van der Waals surface area contributed by atoms with Gasteiger partial charge < -0.3 is 5.11 Å². The highest BCUT2D eigenvalue weighted by Gasteiger charge is 2.40. The van der Waals surface area contributed by atoms with Crippen molar-refractivity contribution in [2.45, 2.75) is 17.9 Å². The molecule has 126 valence electrons. The van der Waals surface area contributed by atoms with E-state index in [2.05, 4.69) is 18.7 Å². The van der Waals surface area contributed by atoms with Crippen molar-refractivity contribution in [1.29, 1.82) is 0 Å². The number of aliphatic hydroxyl groups is 1. The van der Waals surface area contributed by atoms with Gasteiger partial charge in [0.25, 0.3) is 0 Å². The largest absolute Gasteiger partial charge is 0.380 e. The maximum atomic E-state index is 12.0. The molecule has 0 aliphatic carbocycles. The average Bonchev–Trinajstić information content (AvgIpc) is 2.67. The van der Waals surface area contributed by atoms with Crippen molar-refractivity contribution in [3.63, 3.8) is 0 Å². The minimum Gasteiger partial charge on any atom is -0.380 e. The second-order valence-corrected chi connectivity index (χ2v) is 6.56. The molecule has 1 nitrogen and oxygen atoms in total. The van der Waals surface area contributed by atoms with Gasteiger partial charge in [-0.1, -0.05) is 90.5 Å². The van der Waals surface area contributed by atoms with E-state index in [-0.39, 0.29) is 5.92 Å². The average molecular weight is 349 g/mol. The summed E-state index contributed by atoms with van der Waals surface area (Å²) in [7, 11) is 0. The van der Waals surface area contributed by atoms with Crippen molar-refractivity contribution >= 4 is 11.6 Å². The lowest BCUT2D eigenvalue weighted by Gasteiger charge is -2.37. The number of halogens is 1. The lowest BCUT2D eigenvalue weighted by atomic mass is 9.71. The molecule has 3 rings (SSSR count). The van der Waals surface area contributed by atoms with Crippen molar-refractivity contribution in [2.75, 3.05) is 0 Å². The molecule has 3 aromatic rings. The van der Waals surface area contributed by atoms with Gasteiger partial charge in [-0.2, -0.15) is 0 Å². The smallest absolute Gasteiger partial charge is 0.122 e. The summed E-state index contributed by atoms with van der Waals surface area (Å²) in [5.41, 5.74) is 1.57. The van der Waals surface area contributed by atoms with E-state index in [0.717, 1.165) is 16.7 Å². The van der Waals surface area contributed by atoms with Crippen LogP contribution in [0.15, 0.2) is 97.6 Å². The molecule has 0 fully saturated rings. The van der Waals surface area contributed by atoms with Gasteiger partial charge >= 0.3 is 0 Å². The first-order valence-corrected chi connectivity index (χ1v) is 8.74. The predicted octanol–water partition coefficient (Wildman–Crippen LogP) is 5.94. The number of rotatable bonds is 6. The molecule has 1 N–H and O–H groups in total. The molecule has 0 saturated heterocycles. The molecule has 0 aliphatic heterocycles. The van der Waals surface area contributed by atoms with Crippen molar-refractivity contribution in [1.82, 2.24) is 0 Å². The van der Waals surface area contributed by atoms with Crippen molar-refractivity contribution < 1.29 is 5.11 Å². The Hall–Kier alpha value is -2.35. The Balaban J connectivity index is 2.22. The van der Waals surface area contributed by atoms with Crippen LogP contribution in [0.2, 0.25) is 5.02 Å². The molecule has 0 aliphatic rings. The Bertz CT molecular complexity index is 812. The fourth-order valence-electron chi connectivity index (χ4n) is 3.37. The van der Waals surface area contributed by atoms with E-state index >= 15 is 0 Å². The summed E-state index contributed by atoms with van der Waals surface area (Å²) in [6.07, 6.45) is 2.51. The van der Waals surface area contributed by atoms with Gasteiger partial charge in [0.15, 0.2) is 0 Å². The molecule has 3 aromatic carbocycles. The van der Waals surface area contributed by atoms with Gasteiger partial charge in [0.05, 0.1) is 0 Å². The van der Waals surface area contributed by atoms with Crippen LogP contribution in [0.1, 0.15) is 29.0 Å². The van der Waals surface area contributed by atoms with E-state index < -0.39 is 5.60 Å². The van der Waals surface area contributed by atoms with Crippen molar-refractivity contribution in [2.24, 2.45) is 0 Å². The topological polar surface area (TPSA) is 20.2 Å². The van der Waals surface area contributed by atoms with Gasteiger partial charge in [0.1, 0.15) is 5.60 Å². The zero-order chi connectivity index (χ0) is 17.7. The van der Waals surface area contributed by atoms with E-state index in [1.807, 2.05) is 78.9 Å². The number of hydrogen-bond acceptors (Lipinski definition) is 1. The van der Waals surface area contributed by atoms with Gasteiger partial charge in [-0.15, -0.1) is 6.58 Å². The summed E-state index contributed by atoms with van der Waals surface area (Å²) >= 11 is 6.07. The zero-order valence-electron chi connectivity index (χ0n) is 14.0. The summed E-state index contributed by atoms with van der Waals surface area (Å²) in [5, 5.41) is 12.7. The Morgan fingerprint density at radius 2 is 1.36 bits per heavy atom. The molecule has 0 saturated carbocycles. The van der Waals surface area contributed by atoms with Gasteiger partial charge in [-0.25, -0.2) is 0 Å². The molecule has 0 unspecified atom stereocenters. The van der Waals surface area contributed by atoms with Crippen molar-refractivity contribution in [3.05, 3.63) is 119 Å². The summed E-state index contributed by atoms with van der Waals surface area (Å²) in [6, 6.07) is 27.3. The summed E-state index contributed by atoms with van der Waals surface area (Å²) in [5.74, 6) is -0.158. The van der Waals surface area contributed by atoms with Gasteiger partial charge in [0, 0.05) is 10.9 Å². The van der Waals surface area contributed by atoms with E-state index in [1.54, 1.807) is 0 Å². The van der Waals surface area contributed by atoms with Crippen LogP contribution in [0.25, 0.3) is 0 Å². The minimum absolute atomic E-state index is 0.158. The lowest BCUT2D eigenvalue weighted by molar-refractivity contribution is 0.0500. The molecular formula is C23H21ClO. The molecule has 25 heavy (non-hydrogen) atoms. The first-order chi connectivity index (χ1) is 12.2. The highest BCUT2D eigenvalue weighted by atomic mass is 35.5. The molecular weight excluding hydrogens is 328 g/mol. The third-order valence-electron chi connectivity index (χ3n) is 4.61.